The number of aliphatic hydroxyl groups is 1. The van der Waals surface area contributed by atoms with E-state index in [0.29, 0.717) is 61.1 Å². The summed E-state index contributed by atoms with van der Waals surface area (Å²) in [6, 6.07) is 24.0. The Bertz CT molecular complexity index is 1390. The van der Waals surface area contributed by atoms with Gasteiger partial charge >= 0.3 is 0 Å². The first kappa shape index (κ1) is 30.6. The average molecular weight is 572 g/mol. The highest BCUT2D eigenvalue weighted by molar-refractivity contribution is 6.01. The number of aliphatic hydroxyl groups excluding tert-OH is 1. The number of nitrogens with one attached hydrogen (secondary N) is 1. The zero-order valence-corrected chi connectivity index (χ0v) is 24.0. The molecule has 4 rings (SSSR count). The molecule has 0 aromatic heterocycles. The van der Waals surface area contributed by atoms with Crippen LogP contribution in [0.4, 0.5) is 5.69 Å². The summed E-state index contributed by atoms with van der Waals surface area (Å²) in [6.07, 6.45) is 0.657. The molecule has 0 radical (unpaired) electrons. The zero-order chi connectivity index (χ0) is 29.8. The van der Waals surface area contributed by atoms with Gasteiger partial charge in [-0.15, -0.1) is 0 Å². The molecule has 3 aromatic rings. The van der Waals surface area contributed by atoms with Gasteiger partial charge in [0, 0.05) is 54.3 Å². The molecule has 0 aliphatic carbocycles. The van der Waals surface area contributed by atoms with Crippen LogP contribution in [0.25, 0.3) is 10.4 Å². The van der Waals surface area contributed by atoms with Crippen LogP contribution in [0.15, 0.2) is 89.0 Å². The molecule has 0 saturated carbocycles. The number of ether oxygens (including phenoxy) is 3. The van der Waals surface area contributed by atoms with E-state index in [-0.39, 0.29) is 25.0 Å². The lowest BCUT2D eigenvalue weighted by Gasteiger charge is -2.31. The second kappa shape index (κ2) is 15.0. The second-order valence-corrected chi connectivity index (χ2v) is 10.2. The highest BCUT2D eigenvalue weighted by Gasteiger charge is 2.53. The third kappa shape index (κ3) is 7.67. The van der Waals surface area contributed by atoms with Crippen molar-refractivity contribution in [2.24, 2.45) is 10.1 Å². The van der Waals surface area contributed by atoms with Crippen LogP contribution in [-0.4, -0.2) is 54.9 Å². The van der Waals surface area contributed by atoms with E-state index in [1.54, 1.807) is 30.3 Å². The van der Waals surface area contributed by atoms with E-state index in [1.165, 1.54) is 0 Å². The summed E-state index contributed by atoms with van der Waals surface area (Å²) in [5, 5.41) is 16.0. The molecular weight excluding hydrogens is 534 g/mol. The lowest BCUT2D eigenvalue weighted by molar-refractivity contribution is -0.129. The van der Waals surface area contributed by atoms with Gasteiger partial charge in [-0.2, -0.15) is 0 Å². The zero-order valence-electron chi connectivity index (χ0n) is 24.0. The lowest BCUT2D eigenvalue weighted by Crippen LogP contribution is -2.50. The van der Waals surface area contributed by atoms with Crippen LogP contribution >= 0.6 is 0 Å². The van der Waals surface area contributed by atoms with Gasteiger partial charge in [0.1, 0.15) is 5.75 Å². The molecule has 1 amide bonds. The minimum absolute atomic E-state index is 0.0533. The molecular formula is C32H37N5O5. The number of hydrogen-bond donors (Lipinski definition) is 2. The van der Waals surface area contributed by atoms with E-state index < -0.39 is 11.6 Å². The molecule has 0 bridgehead atoms. The molecule has 42 heavy (non-hydrogen) atoms. The SMILES string of the molecule is CC(C)OCCCNC(=O)[C@]1(Cc2ccccc2)N=C(c2ccc(OCCCO)cc2)O[C@@H]1c1ccccc1N=[N+]=[N-]. The Morgan fingerprint density at radius 3 is 2.52 bits per heavy atom. The van der Waals surface area contributed by atoms with Crippen molar-refractivity contribution in [3.8, 4) is 5.75 Å². The van der Waals surface area contributed by atoms with Gasteiger partial charge in [0.25, 0.3) is 5.91 Å². The van der Waals surface area contributed by atoms with Crippen LogP contribution in [0.1, 0.15) is 49.5 Å². The fourth-order valence-corrected chi connectivity index (χ4v) is 4.76. The first-order chi connectivity index (χ1) is 20.5. The van der Waals surface area contributed by atoms with Crippen LogP contribution in [-0.2, 0) is 20.7 Å². The maximum atomic E-state index is 14.2. The summed E-state index contributed by atoms with van der Waals surface area (Å²) < 4.78 is 17.9. The van der Waals surface area contributed by atoms with Gasteiger partial charge in [-0.25, -0.2) is 4.99 Å². The van der Waals surface area contributed by atoms with Gasteiger partial charge in [0.2, 0.25) is 5.90 Å². The minimum Gasteiger partial charge on any atom is -0.494 e. The molecule has 1 heterocycles. The number of amides is 1. The van der Waals surface area contributed by atoms with Gasteiger partial charge in [-0.1, -0.05) is 59.7 Å². The number of hydrogen-bond acceptors (Lipinski definition) is 7. The van der Waals surface area contributed by atoms with E-state index in [1.807, 2.05) is 62.4 Å². The Kier molecular flexibility index (Phi) is 10.9. The Morgan fingerprint density at radius 1 is 1.07 bits per heavy atom. The van der Waals surface area contributed by atoms with Crippen molar-refractivity contribution in [3.63, 3.8) is 0 Å². The maximum absolute atomic E-state index is 14.2. The third-order valence-corrected chi connectivity index (χ3v) is 6.78. The molecule has 220 valence electrons. The number of azide groups is 1. The van der Waals surface area contributed by atoms with Crippen molar-refractivity contribution in [1.29, 1.82) is 0 Å². The van der Waals surface area contributed by atoms with Crippen LogP contribution in [0.2, 0.25) is 0 Å². The summed E-state index contributed by atoms with van der Waals surface area (Å²) in [7, 11) is 0. The monoisotopic (exact) mass is 571 g/mol. The van der Waals surface area contributed by atoms with E-state index in [4.69, 9.17) is 24.3 Å². The van der Waals surface area contributed by atoms with Gasteiger partial charge in [0.15, 0.2) is 11.6 Å². The predicted molar refractivity (Wildman–Crippen MR) is 161 cm³/mol. The number of carbonyl (C=O) groups excluding carboxylic acids is 1. The van der Waals surface area contributed by atoms with Crippen LogP contribution in [0.3, 0.4) is 0 Å². The van der Waals surface area contributed by atoms with Crippen molar-refractivity contribution in [3.05, 3.63) is 106 Å². The summed E-state index contributed by atoms with van der Waals surface area (Å²) >= 11 is 0. The number of aliphatic imine (C=N–C) groups is 1. The fourth-order valence-electron chi connectivity index (χ4n) is 4.76. The summed E-state index contributed by atoms with van der Waals surface area (Å²) in [5.74, 6) is 0.649. The molecule has 3 aromatic carbocycles. The first-order valence-corrected chi connectivity index (χ1v) is 14.2. The van der Waals surface area contributed by atoms with Crippen LogP contribution < -0.4 is 10.1 Å². The highest BCUT2D eigenvalue weighted by Crippen LogP contribution is 2.45. The predicted octanol–water partition coefficient (Wildman–Crippen LogP) is 5.82. The van der Waals surface area contributed by atoms with Gasteiger partial charge in [-0.3, -0.25) is 4.79 Å². The van der Waals surface area contributed by atoms with Crippen molar-refractivity contribution >= 4 is 17.5 Å². The molecule has 1 aliphatic rings. The molecule has 1 aliphatic heterocycles. The van der Waals surface area contributed by atoms with Crippen molar-refractivity contribution in [2.45, 2.75) is 50.9 Å². The Balaban J connectivity index is 1.75. The van der Waals surface area contributed by atoms with Crippen LogP contribution in [0, 0.1) is 0 Å². The summed E-state index contributed by atoms with van der Waals surface area (Å²) in [6.45, 7) is 5.31. The Morgan fingerprint density at radius 2 is 1.81 bits per heavy atom. The Hall–Kier alpha value is -4.37. The summed E-state index contributed by atoms with van der Waals surface area (Å²) in [5.41, 5.74) is 10.4. The fraction of sp³-hybridized carbons (Fsp3) is 0.375. The molecule has 2 N–H and O–H groups in total. The van der Waals surface area contributed by atoms with Crippen LogP contribution in [0.5, 0.6) is 5.75 Å². The topological polar surface area (TPSA) is 138 Å². The second-order valence-electron chi connectivity index (χ2n) is 10.2. The number of rotatable bonds is 15. The minimum atomic E-state index is -1.40. The molecule has 10 heteroatoms. The normalized spacial score (nSPS) is 17.7. The molecule has 0 spiro atoms. The largest absolute Gasteiger partial charge is 0.494 e. The number of benzene rings is 3. The Labute approximate surface area is 246 Å². The van der Waals surface area contributed by atoms with Gasteiger partial charge < -0.3 is 24.6 Å². The molecule has 0 fully saturated rings. The van der Waals surface area contributed by atoms with Gasteiger partial charge in [0.05, 0.1) is 12.7 Å². The van der Waals surface area contributed by atoms with E-state index in [2.05, 4.69) is 15.3 Å². The molecule has 0 unspecified atom stereocenters. The molecule has 2 atom stereocenters. The average Bonchev–Trinajstić information content (AvgIpc) is 3.38. The van der Waals surface area contributed by atoms with E-state index >= 15 is 0 Å². The van der Waals surface area contributed by atoms with Crippen molar-refractivity contribution in [1.82, 2.24) is 5.32 Å². The number of nitrogens with zero attached hydrogens (tertiary/aromatic N) is 4. The van der Waals surface area contributed by atoms with Gasteiger partial charge in [-0.05, 0) is 55.6 Å². The highest BCUT2D eigenvalue weighted by atomic mass is 16.5. The van der Waals surface area contributed by atoms with Crippen molar-refractivity contribution < 1.29 is 24.1 Å². The smallest absolute Gasteiger partial charge is 0.252 e. The molecule has 0 saturated heterocycles. The number of carbonyl (C=O) groups is 1. The van der Waals surface area contributed by atoms with E-state index in [0.717, 1.165) is 5.56 Å². The maximum Gasteiger partial charge on any atom is 0.252 e. The first-order valence-electron chi connectivity index (χ1n) is 14.2. The molecule has 10 nitrogen and oxygen atoms in total. The standard InChI is InChI=1S/C32H37N5O5/c1-23(2)40-20-8-18-34-31(39)32(22-24-10-4-3-5-11-24)29(27-12-6-7-13-28(27)36-37-33)42-30(35-32)25-14-16-26(17-15-25)41-21-9-19-38/h3-7,10-17,23,29,38H,8-9,18-22H2,1-2H3,(H,34,39)/t29-,32-/m1/s1. The summed E-state index contributed by atoms with van der Waals surface area (Å²) in [4.78, 5) is 22.2. The lowest BCUT2D eigenvalue weighted by atomic mass is 9.81. The third-order valence-electron chi connectivity index (χ3n) is 6.78. The quantitative estimate of drug-likeness (QED) is 0.102. The van der Waals surface area contributed by atoms with Crippen molar-refractivity contribution in [2.75, 3.05) is 26.4 Å². The van der Waals surface area contributed by atoms with E-state index in [9.17, 15) is 10.3 Å².